The average molecular weight is 125 g/mol. The average Bonchev–Trinajstić information content (AvgIpc) is 1.89. The Labute approximate surface area is 55.2 Å². The Morgan fingerprint density at radius 3 is 3.00 bits per heavy atom. The highest BCUT2D eigenvalue weighted by atomic mass is 16.5. The minimum atomic E-state index is 0.728. The molecule has 0 amide bonds. The minimum Gasteiger partial charge on any atom is -0.479 e. The molecule has 0 N–H and O–H groups in total. The molecule has 0 unspecified atom stereocenters. The molecular weight excluding hydrogens is 114 g/mol. The van der Waals surface area contributed by atoms with Crippen LogP contribution in [0.1, 0.15) is 20.3 Å². The summed E-state index contributed by atoms with van der Waals surface area (Å²) in [4.78, 5) is 4.01. The van der Waals surface area contributed by atoms with Crippen LogP contribution in [0.15, 0.2) is 16.3 Å². The zero-order chi connectivity index (χ0) is 6.69. The summed E-state index contributed by atoms with van der Waals surface area (Å²) in [7, 11) is 0. The normalized spacial score (nSPS) is 18.0. The SMILES string of the molecule is CCC1=C(C)N=COC1. The smallest absolute Gasteiger partial charge is 0.174 e. The fourth-order valence-corrected chi connectivity index (χ4v) is 0.808. The summed E-state index contributed by atoms with van der Waals surface area (Å²) < 4.78 is 4.99. The van der Waals surface area contributed by atoms with Gasteiger partial charge in [-0.15, -0.1) is 0 Å². The van der Waals surface area contributed by atoms with Gasteiger partial charge >= 0.3 is 0 Å². The van der Waals surface area contributed by atoms with E-state index in [0.29, 0.717) is 0 Å². The fraction of sp³-hybridized carbons (Fsp3) is 0.571. The van der Waals surface area contributed by atoms with E-state index in [-0.39, 0.29) is 0 Å². The molecule has 0 spiro atoms. The summed E-state index contributed by atoms with van der Waals surface area (Å²) in [6.07, 6.45) is 2.55. The van der Waals surface area contributed by atoms with Crippen molar-refractivity contribution in [2.75, 3.05) is 6.61 Å². The third kappa shape index (κ3) is 1.31. The molecule has 1 heterocycles. The maximum atomic E-state index is 4.99. The Balaban J connectivity index is 2.72. The summed E-state index contributed by atoms with van der Waals surface area (Å²) >= 11 is 0. The van der Waals surface area contributed by atoms with Crippen molar-refractivity contribution in [1.82, 2.24) is 0 Å². The van der Waals surface area contributed by atoms with Crippen LogP contribution in [-0.2, 0) is 4.74 Å². The van der Waals surface area contributed by atoms with Gasteiger partial charge in [0, 0.05) is 5.70 Å². The van der Waals surface area contributed by atoms with Crippen LogP contribution in [0.5, 0.6) is 0 Å². The van der Waals surface area contributed by atoms with Gasteiger partial charge in [-0.3, -0.25) is 0 Å². The monoisotopic (exact) mass is 125 g/mol. The van der Waals surface area contributed by atoms with E-state index in [1.54, 1.807) is 0 Å². The largest absolute Gasteiger partial charge is 0.479 e. The Morgan fingerprint density at radius 1 is 1.78 bits per heavy atom. The summed E-state index contributed by atoms with van der Waals surface area (Å²) in [6, 6.07) is 0. The van der Waals surface area contributed by atoms with Crippen LogP contribution in [0.2, 0.25) is 0 Å². The van der Waals surface area contributed by atoms with E-state index < -0.39 is 0 Å². The van der Waals surface area contributed by atoms with E-state index >= 15 is 0 Å². The van der Waals surface area contributed by atoms with E-state index in [9.17, 15) is 0 Å². The third-order valence-corrected chi connectivity index (χ3v) is 1.52. The molecule has 0 saturated carbocycles. The summed E-state index contributed by atoms with van der Waals surface area (Å²) in [5.74, 6) is 0. The zero-order valence-electron chi connectivity index (χ0n) is 5.85. The van der Waals surface area contributed by atoms with Crippen LogP contribution in [-0.4, -0.2) is 13.0 Å². The minimum absolute atomic E-state index is 0.728. The first-order valence-corrected chi connectivity index (χ1v) is 3.17. The maximum Gasteiger partial charge on any atom is 0.174 e. The third-order valence-electron chi connectivity index (χ3n) is 1.52. The molecule has 9 heavy (non-hydrogen) atoms. The van der Waals surface area contributed by atoms with Crippen molar-refractivity contribution in [2.45, 2.75) is 20.3 Å². The molecule has 0 aromatic heterocycles. The van der Waals surface area contributed by atoms with Crippen LogP contribution in [0.3, 0.4) is 0 Å². The lowest BCUT2D eigenvalue weighted by atomic mass is 10.2. The van der Waals surface area contributed by atoms with Crippen LogP contribution in [0.4, 0.5) is 0 Å². The highest BCUT2D eigenvalue weighted by Crippen LogP contribution is 2.12. The van der Waals surface area contributed by atoms with E-state index in [1.165, 1.54) is 12.0 Å². The first-order chi connectivity index (χ1) is 4.34. The lowest BCUT2D eigenvalue weighted by Crippen LogP contribution is -2.03. The zero-order valence-corrected chi connectivity index (χ0v) is 5.85. The van der Waals surface area contributed by atoms with Gasteiger partial charge in [0.15, 0.2) is 6.40 Å². The van der Waals surface area contributed by atoms with Gasteiger partial charge in [-0.2, -0.15) is 0 Å². The van der Waals surface area contributed by atoms with Crippen LogP contribution in [0.25, 0.3) is 0 Å². The van der Waals surface area contributed by atoms with E-state index in [2.05, 4.69) is 11.9 Å². The second-order valence-corrected chi connectivity index (χ2v) is 2.09. The van der Waals surface area contributed by atoms with Crippen molar-refractivity contribution < 1.29 is 4.74 Å². The fourth-order valence-electron chi connectivity index (χ4n) is 0.808. The number of ether oxygens (including phenoxy) is 1. The molecule has 0 aromatic carbocycles. The molecule has 0 aliphatic carbocycles. The van der Waals surface area contributed by atoms with Gasteiger partial charge in [-0.25, -0.2) is 4.99 Å². The highest BCUT2D eigenvalue weighted by molar-refractivity contribution is 5.51. The van der Waals surface area contributed by atoms with Gasteiger partial charge in [0.1, 0.15) is 6.61 Å². The van der Waals surface area contributed by atoms with Crippen LogP contribution in [0, 0.1) is 0 Å². The van der Waals surface area contributed by atoms with Gasteiger partial charge in [-0.1, -0.05) is 6.92 Å². The van der Waals surface area contributed by atoms with Gasteiger partial charge in [0.2, 0.25) is 0 Å². The van der Waals surface area contributed by atoms with Crippen LogP contribution >= 0.6 is 0 Å². The molecule has 0 bridgehead atoms. The second kappa shape index (κ2) is 2.67. The Hall–Kier alpha value is -0.790. The lowest BCUT2D eigenvalue weighted by Gasteiger charge is -2.10. The Bertz CT molecular complexity index is 158. The molecule has 1 rings (SSSR count). The molecule has 2 nitrogen and oxygen atoms in total. The summed E-state index contributed by atoms with van der Waals surface area (Å²) in [5, 5.41) is 0. The quantitative estimate of drug-likeness (QED) is 0.523. The van der Waals surface area contributed by atoms with E-state index in [0.717, 1.165) is 18.7 Å². The summed E-state index contributed by atoms with van der Waals surface area (Å²) in [5.41, 5.74) is 2.42. The second-order valence-electron chi connectivity index (χ2n) is 2.09. The molecule has 50 valence electrons. The van der Waals surface area contributed by atoms with E-state index in [1.807, 2.05) is 6.92 Å². The highest BCUT2D eigenvalue weighted by Gasteiger charge is 2.02. The predicted octanol–water partition coefficient (Wildman–Crippen LogP) is 1.73. The molecule has 1 aliphatic rings. The maximum absolute atomic E-state index is 4.99. The van der Waals surface area contributed by atoms with Crippen molar-refractivity contribution in [3.05, 3.63) is 11.3 Å². The molecule has 0 atom stereocenters. The predicted molar refractivity (Wildman–Crippen MR) is 37.4 cm³/mol. The number of aliphatic imine (C=N–C) groups is 1. The first-order valence-electron chi connectivity index (χ1n) is 3.17. The molecule has 0 aromatic rings. The number of hydrogen-bond acceptors (Lipinski definition) is 2. The molecule has 0 radical (unpaired) electrons. The standard InChI is InChI=1S/C7H11NO/c1-3-7-4-9-5-8-6(7)2/h5H,3-4H2,1-2H3. The van der Waals surface area contributed by atoms with Crippen molar-refractivity contribution >= 4 is 6.40 Å². The van der Waals surface area contributed by atoms with Crippen molar-refractivity contribution in [3.8, 4) is 0 Å². The number of nitrogens with zero attached hydrogens (tertiary/aromatic N) is 1. The van der Waals surface area contributed by atoms with Gasteiger partial charge < -0.3 is 4.74 Å². The van der Waals surface area contributed by atoms with Gasteiger partial charge in [0.05, 0.1) is 0 Å². The molecule has 0 fully saturated rings. The summed E-state index contributed by atoms with van der Waals surface area (Å²) in [6.45, 7) is 4.85. The molecule has 0 saturated heterocycles. The molecule has 1 aliphatic heterocycles. The van der Waals surface area contributed by atoms with Crippen molar-refractivity contribution in [2.24, 2.45) is 4.99 Å². The number of rotatable bonds is 1. The molecular formula is C7H11NO. The Morgan fingerprint density at radius 2 is 2.56 bits per heavy atom. The van der Waals surface area contributed by atoms with Gasteiger partial charge in [-0.05, 0) is 18.9 Å². The van der Waals surface area contributed by atoms with Crippen molar-refractivity contribution in [1.29, 1.82) is 0 Å². The molecule has 2 heteroatoms. The van der Waals surface area contributed by atoms with Gasteiger partial charge in [0.25, 0.3) is 0 Å². The lowest BCUT2D eigenvalue weighted by molar-refractivity contribution is 0.343. The van der Waals surface area contributed by atoms with E-state index in [4.69, 9.17) is 4.74 Å². The number of hydrogen-bond donors (Lipinski definition) is 0. The number of allylic oxidation sites excluding steroid dienone is 1. The van der Waals surface area contributed by atoms with Crippen molar-refractivity contribution in [3.63, 3.8) is 0 Å². The van der Waals surface area contributed by atoms with Crippen LogP contribution < -0.4 is 0 Å². The topological polar surface area (TPSA) is 21.6 Å². The Kier molecular flexibility index (Phi) is 1.88. The first kappa shape index (κ1) is 6.33.